The van der Waals surface area contributed by atoms with Gasteiger partial charge in [-0.2, -0.15) is 0 Å². The standard InChI is InChI=1S/C12H16N2O5S/c1-6-8(11(16)18-2)10(14-7(15)4-5-13)20-9(6)12(17)19-3/h4-5,13H2,1-3H3,(H,14,15). The molecule has 0 radical (unpaired) electrons. The summed E-state index contributed by atoms with van der Waals surface area (Å²) >= 11 is 0.969. The summed E-state index contributed by atoms with van der Waals surface area (Å²) in [6.07, 6.45) is 0.116. The molecule has 0 atom stereocenters. The van der Waals surface area contributed by atoms with Crippen molar-refractivity contribution < 1.29 is 23.9 Å². The summed E-state index contributed by atoms with van der Waals surface area (Å²) in [7, 11) is 2.47. The van der Waals surface area contributed by atoms with Gasteiger partial charge in [-0.25, -0.2) is 9.59 Å². The van der Waals surface area contributed by atoms with E-state index in [2.05, 4.69) is 14.8 Å². The topological polar surface area (TPSA) is 108 Å². The Bertz CT molecular complexity index is 538. The second-order valence-electron chi connectivity index (χ2n) is 3.83. The third-order valence-corrected chi connectivity index (χ3v) is 3.72. The average molecular weight is 300 g/mol. The molecule has 7 nitrogen and oxygen atoms in total. The SMILES string of the molecule is COC(=O)c1sc(NC(=O)CCN)c(C(=O)OC)c1C. The number of thiophene rings is 1. The highest BCUT2D eigenvalue weighted by Gasteiger charge is 2.26. The van der Waals surface area contributed by atoms with E-state index >= 15 is 0 Å². The Hall–Kier alpha value is -1.93. The number of carbonyl (C=O) groups is 3. The zero-order chi connectivity index (χ0) is 15.3. The van der Waals surface area contributed by atoms with Crippen LogP contribution in [-0.2, 0) is 14.3 Å². The van der Waals surface area contributed by atoms with E-state index in [9.17, 15) is 14.4 Å². The van der Waals surface area contributed by atoms with E-state index in [0.717, 1.165) is 11.3 Å². The van der Waals surface area contributed by atoms with Gasteiger partial charge >= 0.3 is 11.9 Å². The molecule has 0 aliphatic carbocycles. The largest absolute Gasteiger partial charge is 0.465 e. The molecule has 0 fully saturated rings. The molecule has 1 aromatic heterocycles. The fraction of sp³-hybridized carbons (Fsp3) is 0.417. The molecule has 1 rings (SSSR count). The van der Waals surface area contributed by atoms with Crippen molar-refractivity contribution in [3.63, 3.8) is 0 Å². The molecule has 0 aliphatic rings. The molecule has 1 amide bonds. The fourth-order valence-electron chi connectivity index (χ4n) is 1.56. The summed E-state index contributed by atoms with van der Waals surface area (Å²) in [5.74, 6) is -1.54. The number of nitrogens with two attached hydrogens (primary N) is 1. The van der Waals surface area contributed by atoms with E-state index in [1.165, 1.54) is 14.2 Å². The number of hydrogen-bond donors (Lipinski definition) is 2. The molecule has 0 aliphatic heterocycles. The molecule has 0 bridgehead atoms. The molecule has 3 N–H and O–H groups in total. The van der Waals surface area contributed by atoms with Crippen molar-refractivity contribution in [1.82, 2.24) is 0 Å². The van der Waals surface area contributed by atoms with Crippen LogP contribution in [0.25, 0.3) is 0 Å². The van der Waals surface area contributed by atoms with Gasteiger partial charge in [0.2, 0.25) is 5.91 Å². The lowest BCUT2D eigenvalue weighted by Gasteiger charge is -2.05. The number of nitrogens with one attached hydrogen (secondary N) is 1. The Morgan fingerprint density at radius 3 is 2.30 bits per heavy atom. The van der Waals surface area contributed by atoms with Crippen LogP contribution in [0.15, 0.2) is 0 Å². The van der Waals surface area contributed by atoms with Gasteiger partial charge in [-0.3, -0.25) is 4.79 Å². The smallest absolute Gasteiger partial charge is 0.348 e. The van der Waals surface area contributed by atoms with Crippen molar-refractivity contribution >= 4 is 34.2 Å². The number of ether oxygens (including phenoxy) is 2. The van der Waals surface area contributed by atoms with Gasteiger partial charge < -0.3 is 20.5 Å². The molecule has 110 valence electrons. The Balaban J connectivity index is 3.23. The van der Waals surface area contributed by atoms with Gasteiger partial charge in [0, 0.05) is 13.0 Å². The van der Waals surface area contributed by atoms with Crippen LogP contribution in [0.5, 0.6) is 0 Å². The van der Waals surface area contributed by atoms with Crippen LogP contribution in [-0.4, -0.2) is 38.6 Å². The van der Waals surface area contributed by atoms with Crippen molar-refractivity contribution in [3.8, 4) is 0 Å². The van der Waals surface area contributed by atoms with Crippen LogP contribution in [0.1, 0.15) is 32.0 Å². The van der Waals surface area contributed by atoms with Crippen LogP contribution in [0.2, 0.25) is 0 Å². The molecule has 0 unspecified atom stereocenters. The van der Waals surface area contributed by atoms with Crippen molar-refractivity contribution in [2.75, 3.05) is 26.1 Å². The number of carbonyl (C=O) groups excluding carboxylic acids is 3. The van der Waals surface area contributed by atoms with Crippen LogP contribution in [0.3, 0.4) is 0 Å². The summed E-state index contributed by atoms with van der Waals surface area (Å²) < 4.78 is 9.30. The van der Waals surface area contributed by atoms with Gasteiger partial charge in [-0.05, 0) is 12.5 Å². The van der Waals surface area contributed by atoms with Gasteiger partial charge in [-0.15, -0.1) is 11.3 Å². The van der Waals surface area contributed by atoms with E-state index in [4.69, 9.17) is 5.73 Å². The highest BCUT2D eigenvalue weighted by molar-refractivity contribution is 7.18. The molecule has 8 heteroatoms. The Morgan fingerprint density at radius 2 is 1.80 bits per heavy atom. The van der Waals surface area contributed by atoms with E-state index in [0.29, 0.717) is 5.56 Å². The van der Waals surface area contributed by atoms with E-state index in [1.807, 2.05) is 0 Å². The van der Waals surface area contributed by atoms with Gasteiger partial charge in [0.25, 0.3) is 0 Å². The number of methoxy groups -OCH3 is 2. The molecule has 0 saturated heterocycles. The molecule has 0 spiro atoms. The average Bonchev–Trinajstić information content (AvgIpc) is 2.74. The van der Waals surface area contributed by atoms with Crippen molar-refractivity contribution in [3.05, 3.63) is 16.0 Å². The monoisotopic (exact) mass is 300 g/mol. The molecule has 1 aromatic rings. The summed E-state index contributed by atoms with van der Waals surface area (Å²) in [5, 5.41) is 2.82. The quantitative estimate of drug-likeness (QED) is 0.783. The first-order chi connectivity index (χ1) is 9.46. The fourth-order valence-corrected chi connectivity index (χ4v) is 2.69. The predicted octanol–water partition coefficient (Wildman–Crippen LogP) is 0.917. The summed E-state index contributed by atoms with van der Waals surface area (Å²) in [6, 6.07) is 0. The molecular weight excluding hydrogens is 284 g/mol. The number of hydrogen-bond acceptors (Lipinski definition) is 7. The normalized spacial score (nSPS) is 10.0. The predicted molar refractivity (Wildman–Crippen MR) is 74.0 cm³/mol. The number of anilines is 1. The maximum absolute atomic E-state index is 11.8. The Labute approximate surface area is 120 Å². The summed E-state index contributed by atoms with van der Waals surface area (Å²) in [6.45, 7) is 1.78. The third kappa shape index (κ3) is 3.34. The van der Waals surface area contributed by atoms with E-state index in [-0.39, 0.29) is 34.3 Å². The van der Waals surface area contributed by atoms with Crippen molar-refractivity contribution in [2.24, 2.45) is 5.73 Å². The number of esters is 2. The Kier molecular flexibility index (Phi) is 5.66. The lowest BCUT2D eigenvalue weighted by molar-refractivity contribution is -0.116. The maximum Gasteiger partial charge on any atom is 0.348 e. The highest BCUT2D eigenvalue weighted by atomic mass is 32.1. The molecule has 0 aromatic carbocycles. The number of amides is 1. The van der Waals surface area contributed by atoms with Crippen LogP contribution >= 0.6 is 11.3 Å². The Morgan fingerprint density at radius 1 is 1.20 bits per heavy atom. The molecule has 20 heavy (non-hydrogen) atoms. The molecule has 1 heterocycles. The minimum atomic E-state index is -0.628. The highest BCUT2D eigenvalue weighted by Crippen LogP contribution is 2.34. The lowest BCUT2D eigenvalue weighted by atomic mass is 10.1. The van der Waals surface area contributed by atoms with Gasteiger partial charge in [-0.1, -0.05) is 0 Å². The van der Waals surface area contributed by atoms with E-state index in [1.54, 1.807) is 6.92 Å². The maximum atomic E-state index is 11.8. The minimum Gasteiger partial charge on any atom is -0.465 e. The van der Waals surface area contributed by atoms with Crippen molar-refractivity contribution in [2.45, 2.75) is 13.3 Å². The molecule has 0 saturated carbocycles. The lowest BCUT2D eigenvalue weighted by Crippen LogP contribution is -2.17. The van der Waals surface area contributed by atoms with Gasteiger partial charge in [0.15, 0.2) is 0 Å². The first-order valence-electron chi connectivity index (χ1n) is 5.76. The minimum absolute atomic E-state index is 0.116. The summed E-state index contributed by atoms with van der Waals surface area (Å²) in [4.78, 5) is 35.2. The van der Waals surface area contributed by atoms with Crippen LogP contribution in [0.4, 0.5) is 5.00 Å². The summed E-state index contributed by atoms with van der Waals surface area (Å²) in [5.41, 5.74) is 5.86. The third-order valence-electron chi connectivity index (χ3n) is 2.53. The van der Waals surface area contributed by atoms with Gasteiger partial charge in [0.1, 0.15) is 9.88 Å². The number of rotatable bonds is 5. The second kappa shape index (κ2) is 7.01. The van der Waals surface area contributed by atoms with Crippen molar-refractivity contribution in [1.29, 1.82) is 0 Å². The zero-order valence-electron chi connectivity index (χ0n) is 11.4. The zero-order valence-corrected chi connectivity index (χ0v) is 12.3. The van der Waals surface area contributed by atoms with Gasteiger partial charge in [0.05, 0.1) is 19.8 Å². The van der Waals surface area contributed by atoms with Crippen LogP contribution < -0.4 is 11.1 Å². The van der Waals surface area contributed by atoms with Crippen LogP contribution in [0, 0.1) is 6.92 Å². The second-order valence-corrected chi connectivity index (χ2v) is 4.85. The molecular formula is C12H16N2O5S. The first kappa shape index (κ1) is 16.1. The first-order valence-corrected chi connectivity index (χ1v) is 6.57. The van der Waals surface area contributed by atoms with E-state index < -0.39 is 11.9 Å².